The quantitative estimate of drug-likeness (QED) is 0.918. The minimum Gasteiger partial charge on any atom is -0.327 e. The second-order valence-corrected chi connectivity index (χ2v) is 7.75. The van der Waals surface area contributed by atoms with Gasteiger partial charge in [0.05, 0.1) is 0 Å². The molecular formula is C17H28N2S. The SMILES string of the molecule is CCCC1CCC(N)C(CN2CCc3sccc3C2)C1. The first kappa shape index (κ1) is 14.6. The Balaban J connectivity index is 1.57. The lowest BCUT2D eigenvalue weighted by molar-refractivity contribution is 0.144. The minimum atomic E-state index is 0.437. The first-order chi connectivity index (χ1) is 9.76. The van der Waals surface area contributed by atoms with Crippen LogP contribution in [0.3, 0.4) is 0 Å². The molecule has 0 spiro atoms. The van der Waals surface area contributed by atoms with Crippen molar-refractivity contribution in [3.8, 4) is 0 Å². The van der Waals surface area contributed by atoms with Crippen molar-refractivity contribution in [3.63, 3.8) is 0 Å². The van der Waals surface area contributed by atoms with Gasteiger partial charge < -0.3 is 5.73 Å². The molecule has 1 aromatic heterocycles. The highest BCUT2D eigenvalue weighted by Gasteiger charge is 2.30. The Bertz CT molecular complexity index is 428. The molecule has 0 amide bonds. The highest BCUT2D eigenvalue weighted by Crippen LogP contribution is 2.33. The van der Waals surface area contributed by atoms with Gasteiger partial charge in [0, 0.05) is 30.6 Å². The molecule has 1 fully saturated rings. The normalized spacial score (nSPS) is 31.2. The van der Waals surface area contributed by atoms with Gasteiger partial charge >= 0.3 is 0 Å². The van der Waals surface area contributed by atoms with Gasteiger partial charge in [-0.05, 0) is 54.5 Å². The van der Waals surface area contributed by atoms with Gasteiger partial charge in [0.2, 0.25) is 0 Å². The molecule has 2 nitrogen and oxygen atoms in total. The highest BCUT2D eigenvalue weighted by atomic mass is 32.1. The molecule has 0 saturated heterocycles. The van der Waals surface area contributed by atoms with Gasteiger partial charge in [-0.3, -0.25) is 4.90 Å². The van der Waals surface area contributed by atoms with Crippen LogP contribution >= 0.6 is 11.3 Å². The molecule has 112 valence electrons. The molecule has 2 heterocycles. The van der Waals surface area contributed by atoms with Crippen molar-refractivity contribution in [2.75, 3.05) is 13.1 Å². The van der Waals surface area contributed by atoms with E-state index in [2.05, 4.69) is 23.3 Å². The van der Waals surface area contributed by atoms with Crippen molar-refractivity contribution in [3.05, 3.63) is 21.9 Å². The molecule has 1 aromatic rings. The van der Waals surface area contributed by atoms with E-state index in [1.165, 1.54) is 51.6 Å². The Morgan fingerprint density at radius 2 is 2.30 bits per heavy atom. The van der Waals surface area contributed by atoms with Gasteiger partial charge in [-0.1, -0.05) is 19.8 Å². The van der Waals surface area contributed by atoms with E-state index in [1.807, 2.05) is 11.3 Å². The topological polar surface area (TPSA) is 29.3 Å². The molecule has 1 saturated carbocycles. The van der Waals surface area contributed by atoms with E-state index >= 15 is 0 Å². The predicted octanol–water partition coefficient (Wildman–Crippen LogP) is 3.65. The fraction of sp³-hybridized carbons (Fsp3) is 0.765. The fourth-order valence-electron chi connectivity index (χ4n) is 4.06. The first-order valence-electron chi connectivity index (χ1n) is 8.29. The Morgan fingerprint density at radius 1 is 1.40 bits per heavy atom. The predicted molar refractivity (Wildman–Crippen MR) is 87.0 cm³/mol. The smallest absolute Gasteiger partial charge is 0.0245 e. The number of rotatable bonds is 4. The monoisotopic (exact) mass is 292 g/mol. The van der Waals surface area contributed by atoms with Crippen molar-refractivity contribution < 1.29 is 0 Å². The van der Waals surface area contributed by atoms with Crippen LogP contribution in [0.25, 0.3) is 0 Å². The van der Waals surface area contributed by atoms with Crippen LogP contribution in [0.2, 0.25) is 0 Å². The maximum absolute atomic E-state index is 6.40. The molecule has 3 unspecified atom stereocenters. The number of thiophene rings is 1. The summed E-state index contributed by atoms with van der Waals surface area (Å²) in [4.78, 5) is 4.26. The van der Waals surface area contributed by atoms with Gasteiger partial charge in [-0.2, -0.15) is 0 Å². The van der Waals surface area contributed by atoms with Gasteiger partial charge in [-0.25, -0.2) is 0 Å². The van der Waals surface area contributed by atoms with Crippen molar-refractivity contribution in [2.24, 2.45) is 17.6 Å². The third-order valence-electron chi connectivity index (χ3n) is 5.23. The van der Waals surface area contributed by atoms with Crippen molar-refractivity contribution in [1.82, 2.24) is 4.90 Å². The summed E-state index contributed by atoms with van der Waals surface area (Å²) >= 11 is 1.93. The van der Waals surface area contributed by atoms with Crippen LogP contribution in [-0.4, -0.2) is 24.0 Å². The molecule has 20 heavy (non-hydrogen) atoms. The van der Waals surface area contributed by atoms with Crippen LogP contribution in [0, 0.1) is 11.8 Å². The molecule has 0 radical (unpaired) electrons. The van der Waals surface area contributed by atoms with Gasteiger partial charge in [0.25, 0.3) is 0 Å². The van der Waals surface area contributed by atoms with Crippen molar-refractivity contribution >= 4 is 11.3 Å². The van der Waals surface area contributed by atoms with E-state index in [-0.39, 0.29) is 0 Å². The van der Waals surface area contributed by atoms with Crippen molar-refractivity contribution in [2.45, 2.75) is 58.0 Å². The lowest BCUT2D eigenvalue weighted by Gasteiger charge is -2.38. The van der Waals surface area contributed by atoms with Crippen LogP contribution in [-0.2, 0) is 13.0 Å². The van der Waals surface area contributed by atoms with Crippen LogP contribution in [0.4, 0.5) is 0 Å². The average Bonchev–Trinajstić information content (AvgIpc) is 2.90. The second kappa shape index (κ2) is 6.59. The zero-order chi connectivity index (χ0) is 13.9. The summed E-state index contributed by atoms with van der Waals surface area (Å²) in [7, 11) is 0. The Kier molecular flexibility index (Phi) is 4.79. The number of nitrogens with zero attached hydrogens (tertiary/aromatic N) is 1. The van der Waals surface area contributed by atoms with E-state index in [1.54, 1.807) is 10.4 Å². The van der Waals surface area contributed by atoms with Crippen LogP contribution in [0.5, 0.6) is 0 Å². The zero-order valence-corrected chi connectivity index (χ0v) is 13.5. The van der Waals surface area contributed by atoms with Crippen LogP contribution in [0.1, 0.15) is 49.5 Å². The van der Waals surface area contributed by atoms with Crippen LogP contribution < -0.4 is 5.73 Å². The van der Waals surface area contributed by atoms with Crippen molar-refractivity contribution in [1.29, 1.82) is 0 Å². The maximum atomic E-state index is 6.40. The summed E-state index contributed by atoms with van der Waals surface area (Å²) < 4.78 is 0. The third kappa shape index (κ3) is 3.26. The molecule has 2 N–H and O–H groups in total. The van der Waals surface area contributed by atoms with E-state index in [0.29, 0.717) is 6.04 Å². The lowest BCUT2D eigenvalue weighted by atomic mass is 9.76. The number of fused-ring (bicyclic) bond motifs is 1. The molecular weight excluding hydrogens is 264 g/mol. The second-order valence-electron chi connectivity index (χ2n) is 6.75. The minimum absolute atomic E-state index is 0.437. The summed E-state index contributed by atoms with van der Waals surface area (Å²) in [5.74, 6) is 1.66. The third-order valence-corrected chi connectivity index (χ3v) is 6.25. The fourth-order valence-corrected chi connectivity index (χ4v) is 4.95. The van der Waals surface area contributed by atoms with E-state index < -0.39 is 0 Å². The summed E-state index contributed by atoms with van der Waals surface area (Å²) in [6.45, 7) is 5.92. The highest BCUT2D eigenvalue weighted by molar-refractivity contribution is 7.10. The van der Waals surface area contributed by atoms with Crippen LogP contribution in [0.15, 0.2) is 11.4 Å². The van der Waals surface area contributed by atoms with Gasteiger partial charge in [0.15, 0.2) is 0 Å². The molecule has 2 aliphatic rings. The zero-order valence-electron chi connectivity index (χ0n) is 12.7. The van der Waals surface area contributed by atoms with Gasteiger partial charge in [0.1, 0.15) is 0 Å². The van der Waals surface area contributed by atoms with E-state index in [4.69, 9.17) is 5.73 Å². The summed E-state index contributed by atoms with van der Waals surface area (Å²) in [5.41, 5.74) is 7.97. The molecule has 1 aliphatic heterocycles. The van der Waals surface area contributed by atoms with Gasteiger partial charge in [-0.15, -0.1) is 11.3 Å². The summed E-state index contributed by atoms with van der Waals surface area (Å²) in [6.07, 6.45) is 7.94. The molecule has 3 heteroatoms. The van der Waals surface area contributed by atoms with E-state index in [9.17, 15) is 0 Å². The number of hydrogen-bond donors (Lipinski definition) is 1. The summed E-state index contributed by atoms with van der Waals surface area (Å²) in [5, 5.41) is 2.25. The number of nitrogens with two attached hydrogens (primary N) is 1. The average molecular weight is 292 g/mol. The Labute approximate surface area is 127 Å². The molecule has 1 aliphatic carbocycles. The van der Waals surface area contributed by atoms with E-state index in [0.717, 1.165) is 18.4 Å². The number of hydrogen-bond acceptors (Lipinski definition) is 3. The first-order valence-corrected chi connectivity index (χ1v) is 9.17. The molecule has 3 rings (SSSR count). The largest absolute Gasteiger partial charge is 0.327 e. The maximum Gasteiger partial charge on any atom is 0.0245 e. The molecule has 0 aromatic carbocycles. The summed E-state index contributed by atoms with van der Waals surface area (Å²) in [6, 6.07) is 2.75. The lowest BCUT2D eigenvalue weighted by Crippen LogP contribution is -2.44. The molecule has 0 bridgehead atoms. The molecule has 3 atom stereocenters. The Morgan fingerprint density at radius 3 is 3.15 bits per heavy atom. The Hall–Kier alpha value is -0.380. The standard InChI is InChI=1S/C17H28N2S/c1-2-3-13-4-5-16(18)15(10-13)12-19-8-6-17-14(11-19)7-9-20-17/h7,9,13,15-16H,2-6,8,10-12,18H2,1H3.